The molecular formula is C20H22O4. The van der Waals surface area contributed by atoms with Crippen molar-refractivity contribution < 1.29 is 14.3 Å². The Labute approximate surface area is 141 Å². The summed E-state index contributed by atoms with van der Waals surface area (Å²) in [5.74, 6) is -0.141. The highest BCUT2D eigenvalue weighted by atomic mass is 16.4. The van der Waals surface area contributed by atoms with Crippen molar-refractivity contribution in [3.63, 3.8) is 0 Å². The fourth-order valence-corrected chi connectivity index (χ4v) is 3.29. The van der Waals surface area contributed by atoms with Gasteiger partial charge in [-0.1, -0.05) is 24.3 Å². The topological polar surface area (TPSA) is 67.5 Å². The predicted molar refractivity (Wildman–Crippen MR) is 91.6 cm³/mol. The molecular weight excluding hydrogens is 304 g/mol. The van der Waals surface area contributed by atoms with Crippen molar-refractivity contribution in [2.24, 2.45) is 0 Å². The zero-order valence-electron chi connectivity index (χ0n) is 13.7. The molecule has 0 fully saturated rings. The van der Waals surface area contributed by atoms with E-state index in [-0.39, 0.29) is 23.5 Å². The quantitative estimate of drug-likeness (QED) is 0.799. The number of rotatable bonds is 0. The Hall–Kier alpha value is -2.36. The van der Waals surface area contributed by atoms with Crippen LogP contribution in [0.2, 0.25) is 0 Å². The van der Waals surface area contributed by atoms with Gasteiger partial charge in [0, 0.05) is 18.9 Å². The molecule has 0 saturated heterocycles. The molecule has 4 rings (SSSR count). The van der Waals surface area contributed by atoms with Crippen molar-refractivity contribution >= 4 is 5.78 Å². The number of aromatic hydroxyl groups is 1. The van der Waals surface area contributed by atoms with Gasteiger partial charge >= 0.3 is 5.63 Å². The lowest BCUT2D eigenvalue weighted by molar-refractivity contribution is 0.0972. The predicted octanol–water partition coefficient (Wildman–Crippen LogP) is 3.82. The summed E-state index contributed by atoms with van der Waals surface area (Å²) < 4.78 is 5.22. The second-order valence-electron chi connectivity index (χ2n) is 6.37. The van der Waals surface area contributed by atoms with Crippen LogP contribution in [0.15, 0.2) is 39.5 Å². The molecule has 4 nitrogen and oxygen atoms in total. The highest BCUT2D eigenvalue weighted by Gasteiger charge is 2.19. The molecule has 2 aromatic rings. The summed E-state index contributed by atoms with van der Waals surface area (Å²) in [6.45, 7) is 0. The summed E-state index contributed by atoms with van der Waals surface area (Å²) in [5.41, 5.74) is 1.79. The largest absolute Gasteiger partial charge is 0.507 e. The monoisotopic (exact) mass is 326 g/mol. The summed E-state index contributed by atoms with van der Waals surface area (Å²) in [6, 6.07) is 9.86. The van der Waals surface area contributed by atoms with Crippen molar-refractivity contribution in [2.75, 3.05) is 0 Å². The van der Waals surface area contributed by atoms with E-state index in [1.165, 1.54) is 17.2 Å². The Morgan fingerprint density at radius 1 is 0.833 bits per heavy atom. The van der Waals surface area contributed by atoms with Crippen LogP contribution in [0.4, 0.5) is 0 Å². The Balaban J connectivity index is 1.85. The number of hydrogen-bond acceptors (Lipinski definition) is 4. The van der Waals surface area contributed by atoms with Gasteiger partial charge < -0.3 is 9.52 Å². The minimum atomic E-state index is -0.715. The Morgan fingerprint density at radius 2 is 1.42 bits per heavy atom. The minimum absolute atomic E-state index is 0.200. The van der Waals surface area contributed by atoms with Gasteiger partial charge in [0.1, 0.15) is 17.1 Å². The van der Waals surface area contributed by atoms with Gasteiger partial charge in [0.05, 0.1) is 0 Å². The third-order valence-corrected chi connectivity index (χ3v) is 4.60. The standard InChI is InChI=1S/C20H22O4/c21-17-12-6-4-10-15-8-2-1-7-14(15)9-3-5-11-16-13-18(22)19(17)20(23)24-16/h1-2,7-8,13,22H,3-6,9-12H2. The smallest absolute Gasteiger partial charge is 0.350 e. The summed E-state index contributed by atoms with van der Waals surface area (Å²) in [7, 11) is 0. The van der Waals surface area contributed by atoms with Gasteiger partial charge in [-0.3, -0.25) is 4.79 Å². The molecule has 2 bridgehead atoms. The van der Waals surface area contributed by atoms with E-state index < -0.39 is 5.63 Å². The van der Waals surface area contributed by atoms with E-state index in [4.69, 9.17) is 4.42 Å². The lowest BCUT2D eigenvalue weighted by atomic mass is 9.96. The fourth-order valence-electron chi connectivity index (χ4n) is 3.29. The van der Waals surface area contributed by atoms with Crippen LogP contribution >= 0.6 is 0 Å². The molecule has 1 aliphatic carbocycles. The normalized spacial score (nSPS) is 16.2. The van der Waals surface area contributed by atoms with Gasteiger partial charge in [-0.2, -0.15) is 0 Å². The molecule has 1 aromatic heterocycles. The summed E-state index contributed by atoms with van der Waals surface area (Å²) >= 11 is 0. The van der Waals surface area contributed by atoms with Gasteiger partial charge in [0.15, 0.2) is 5.78 Å². The lowest BCUT2D eigenvalue weighted by Crippen LogP contribution is -2.15. The van der Waals surface area contributed by atoms with Gasteiger partial charge in [-0.15, -0.1) is 0 Å². The van der Waals surface area contributed by atoms with Gasteiger partial charge in [-0.05, 0) is 49.7 Å². The van der Waals surface area contributed by atoms with Crippen molar-refractivity contribution in [1.82, 2.24) is 0 Å². The van der Waals surface area contributed by atoms with Gasteiger partial charge in [0.25, 0.3) is 0 Å². The highest BCUT2D eigenvalue weighted by Crippen LogP contribution is 2.21. The van der Waals surface area contributed by atoms with Crippen molar-refractivity contribution in [1.29, 1.82) is 0 Å². The molecule has 1 aromatic carbocycles. The first-order valence-corrected chi connectivity index (χ1v) is 8.61. The minimum Gasteiger partial charge on any atom is -0.507 e. The van der Waals surface area contributed by atoms with E-state index in [1.54, 1.807) is 0 Å². The van der Waals surface area contributed by atoms with Crippen LogP contribution in [0.3, 0.4) is 0 Å². The number of carbonyl (C=O) groups excluding carboxylic acids is 1. The average molecular weight is 326 g/mol. The molecule has 0 radical (unpaired) electrons. The maximum absolute atomic E-state index is 12.2. The zero-order valence-corrected chi connectivity index (χ0v) is 13.7. The van der Waals surface area contributed by atoms with Crippen LogP contribution in [-0.4, -0.2) is 10.9 Å². The molecule has 24 heavy (non-hydrogen) atoms. The highest BCUT2D eigenvalue weighted by molar-refractivity contribution is 5.97. The first-order chi connectivity index (χ1) is 11.6. The Morgan fingerprint density at radius 3 is 2.04 bits per heavy atom. The fraction of sp³-hybridized carbons (Fsp3) is 0.400. The molecule has 0 saturated carbocycles. The first kappa shape index (κ1) is 16.5. The number of hydrogen-bond donors (Lipinski definition) is 1. The first-order valence-electron chi connectivity index (χ1n) is 8.61. The van der Waals surface area contributed by atoms with Crippen molar-refractivity contribution in [2.45, 2.75) is 51.4 Å². The number of Topliss-reactive ketones (excluding diaryl/α,β-unsaturated/α-hetero) is 1. The second-order valence-corrected chi connectivity index (χ2v) is 6.37. The third kappa shape index (κ3) is 3.75. The number of benzene rings is 1. The van der Waals surface area contributed by atoms with E-state index in [1.807, 2.05) is 0 Å². The molecule has 2 aliphatic rings. The molecule has 126 valence electrons. The second kappa shape index (κ2) is 7.47. The Bertz CT molecular complexity index is 788. The van der Waals surface area contributed by atoms with Gasteiger partial charge in [-0.25, -0.2) is 4.79 Å². The van der Waals surface area contributed by atoms with Gasteiger partial charge in [0.2, 0.25) is 0 Å². The zero-order chi connectivity index (χ0) is 16.9. The van der Waals surface area contributed by atoms with Crippen LogP contribution in [0, 0.1) is 0 Å². The maximum atomic E-state index is 12.2. The van der Waals surface area contributed by atoms with Crippen LogP contribution in [0.5, 0.6) is 5.75 Å². The van der Waals surface area contributed by atoms with E-state index in [9.17, 15) is 14.7 Å². The van der Waals surface area contributed by atoms with E-state index >= 15 is 0 Å². The molecule has 0 spiro atoms. The Kier molecular flexibility index (Phi) is 5.14. The molecule has 4 heteroatoms. The van der Waals surface area contributed by atoms with E-state index in [0.717, 1.165) is 32.1 Å². The summed E-state index contributed by atoms with van der Waals surface area (Å²) in [4.78, 5) is 24.2. The molecule has 0 amide bonds. The lowest BCUT2D eigenvalue weighted by Gasteiger charge is -2.09. The van der Waals surface area contributed by atoms with Crippen LogP contribution < -0.4 is 5.63 Å². The number of aryl methyl sites for hydroxylation is 3. The average Bonchev–Trinajstić information content (AvgIpc) is 2.56. The van der Waals surface area contributed by atoms with Crippen molar-refractivity contribution in [3.05, 3.63) is 63.2 Å². The molecule has 0 unspecified atom stereocenters. The van der Waals surface area contributed by atoms with Crippen LogP contribution in [0.1, 0.15) is 59.3 Å². The van der Waals surface area contributed by atoms with E-state index in [0.29, 0.717) is 18.6 Å². The molecule has 1 N–H and O–H groups in total. The molecule has 2 heterocycles. The number of carbonyl (C=O) groups is 1. The van der Waals surface area contributed by atoms with Crippen LogP contribution in [-0.2, 0) is 19.3 Å². The van der Waals surface area contributed by atoms with E-state index in [2.05, 4.69) is 24.3 Å². The maximum Gasteiger partial charge on any atom is 0.350 e. The van der Waals surface area contributed by atoms with Crippen molar-refractivity contribution in [3.8, 4) is 5.75 Å². The summed E-state index contributed by atoms with van der Waals surface area (Å²) in [5, 5.41) is 10.0. The molecule has 1 aliphatic heterocycles. The molecule has 0 atom stereocenters. The SMILES string of the molecule is O=C1CCCCc2ccccc2CCCCc2cc(O)c1c(=O)o2. The number of ketones is 1. The van der Waals surface area contributed by atoms with Crippen LogP contribution in [0.25, 0.3) is 0 Å². The number of fused-ring (bicyclic) bond motifs is 9. The summed E-state index contributed by atoms with van der Waals surface area (Å²) in [6.07, 6.45) is 6.18. The third-order valence-electron chi connectivity index (χ3n) is 4.60.